The van der Waals surface area contributed by atoms with Crippen molar-refractivity contribution in [1.82, 2.24) is 5.32 Å². The van der Waals surface area contributed by atoms with Crippen LogP contribution in [-0.4, -0.2) is 6.54 Å². The van der Waals surface area contributed by atoms with Crippen LogP contribution in [0.25, 0.3) is 0 Å². The van der Waals surface area contributed by atoms with Gasteiger partial charge in [0.05, 0.1) is 0 Å². The Kier molecular flexibility index (Phi) is 3.43. The van der Waals surface area contributed by atoms with Gasteiger partial charge in [-0.2, -0.15) is 0 Å². The van der Waals surface area contributed by atoms with E-state index in [0.717, 1.165) is 24.7 Å². The molecule has 3 heteroatoms. The maximum absolute atomic E-state index is 5.78. The number of hydrogen-bond donors (Lipinski definition) is 2. The van der Waals surface area contributed by atoms with E-state index >= 15 is 0 Å². The normalized spacial score (nSPS) is 16.0. The molecule has 1 aliphatic rings. The molecule has 78 valence electrons. The molecule has 0 bridgehead atoms. The lowest BCUT2D eigenvalue weighted by atomic mass is 10.2. The summed E-state index contributed by atoms with van der Waals surface area (Å²) in [5.41, 5.74) is 6.72. The molecule has 14 heavy (non-hydrogen) atoms. The predicted molar refractivity (Wildman–Crippen MR) is 62.4 cm³/mol. The Hall–Kier alpha value is -0.540. The van der Waals surface area contributed by atoms with Gasteiger partial charge in [-0.05, 0) is 36.8 Å². The highest BCUT2D eigenvalue weighted by molar-refractivity contribution is 7.10. The molecular formula is C11H18N2S. The quantitative estimate of drug-likeness (QED) is 0.708. The number of nitrogens with two attached hydrogens (primary N) is 1. The van der Waals surface area contributed by atoms with Gasteiger partial charge in [-0.25, -0.2) is 0 Å². The summed E-state index contributed by atoms with van der Waals surface area (Å²) in [6.07, 6.45) is 5.67. The summed E-state index contributed by atoms with van der Waals surface area (Å²) in [6, 6.07) is 1.98. The number of nitrogens with one attached hydrogen (secondary N) is 1. The van der Waals surface area contributed by atoms with Crippen LogP contribution >= 0.6 is 11.3 Å². The van der Waals surface area contributed by atoms with E-state index in [9.17, 15) is 0 Å². The van der Waals surface area contributed by atoms with Crippen LogP contribution in [0, 0.1) is 5.92 Å². The van der Waals surface area contributed by atoms with Crippen LogP contribution in [0.4, 0.5) is 5.69 Å². The first-order valence-corrected chi connectivity index (χ1v) is 6.27. The molecular weight excluding hydrogens is 192 g/mol. The van der Waals surface area contributed by atoms with E-state index in [1.54, 1.807) is 11.3 Å². The van der Waals surface area contributed by atoms with Gasteiger partial charge in [-0.3, -0.25) is 0 Å². The maximum Gasteiger partial charge on any atom is 0.0468 e. The Morgan fingerprint density at radius 3 is 3.00 bits per heavy atom. The van der Waals surface area contributed by atoms with Crippen LogP contribution in [0.3, 0.4) is 0 Å². The summed E-state index contributed by atoms with van der Waals surface area (Å²) in [6.45, 7) is 2.07. The number of hydrogen-bond acceptors (Lipinski definition) is 3. The minimum atomic E-state index is 0.935. The highest BCUT2D eigenvalue weighted by Gasteiger charge is 2.19. The maximum atomic E-state index is 5.78. The lowest BCUT2D eigenvalue weighted by molar-refractivity contribution is 0.597. The van der Waals surface area contributed by atoms with Crippen molar-refractivity contribution in [1.29, 1.82) is 0 Å². The number of thiophene rings is 1. The van der Waals surface area contributed by atoms with E-state index < -0.39 is 0 Å². The third kappa shape index (κ3) is 3.00. The zero-order chi connectivity index (χ0) is 9.80. The second-order valence-corrected chi connectivity index (χ2v) is 5.06. The first-order chi connectivity index (χ1) is 6.86. The average Bonchev–Trinajstić information content (AvgIpc) is 2.91. The summed E-state index contributed by atoms with van der Waals surface area (Å²) in [5.74, 6) is 1.06. The van der Waals surface area contributed by atoms with Crippen molar-refractivity contribution < 1.29 is 0 Å². The first-order valence-electron chi connectivity index (χ1n) is 5.39. The van der Waals surface area contributed by atoms with Crippen molar-refractivity contribution in [2.75, 3.05) is 12.3 Å². The molecule has 1 aromatic rings. The molecule has 0 atom stereocenters. The van der Waals surface area contributed by atoms with Crippen molar-refractivity contribution in [2.24, 2.45) is 5.92 Å². The SMILES string of the molecule is Nc1ccsc1CNCCCC1CC1. The van der Waals surface area contributed by atoms with Crippen molar-refractivity contribution in [2.45, 2.75) is 32.2 Å². The van der Waals surface area contributed by atoms with E-state index in [1.807, 2.05) is 6.07 Å². The lowest BCUT2D eigenvalue weighted by Crippen LogP contribution is -2.14. The molecule has 0 unspecified atom stereocenters. The van der Waals surface area contributed by atoms with Gasteiger partial charge < -0.3 is 11.1 Å². The van der Waals surface area contributed by atoms with Crippen LogP contribution in [0.1, 0.15) is 30.6 Å². The molecule has 2 rings (SSSR count). The number of anilines is 1. The third-order valence-corrected chi connectivity index (χ3v) is 3.67. The standard InChI is InChI=1S/C11H18N2S/c12-10-5-7-14-11(10)8-13-6-1-2-9-3-4-9/h5,7,9,13H,1-4,6,8,12H2. The fraction of sp³-hybridized carbons (Fsp3) is 0.636. The second kappa shape index (κ2) is 4.80. The Balaban J connectivity index is 1.56. The van der Waals surface area contributed by atoms with Gasteiger partial charge in [0.25, 0.3) is 0 Å². The van der Waals surface area contributed by atoms with Gasteiger partial charge in [0.15, 0.2) is 0 Å². The zero-order valence-corrected chi connectivity index (χ0v) is 9.28. The molecule has 2 nitrogen and oxygen atoms in total. The molecule has 0 spiro atoms. The van der Waals surface area contributed by atoms with Crippen LogP contribution in [-0.2, 0) is 6.54 Å². The predicted octanol–water partition coefficient (Wildman–Crippen LogP) is 2.61. The molecule has 1 saturated carbocycles. The summed E-state index contributed by atoms with van der Waals surface area (Å²) in [5, 5.41) is 5.49. The lowest BCUT2D eigenvalue weighted by Gasteiger charge is -2.03. The monoisotopic (exact) mass is 210 g/mol. The van der Waals surface area contributed by atoms with Gasteiger partial charge in [0.1, 0.15) is 0 Å². The molecule has 0 saturated heterocycles. The molecule has 1 heterocycles. The largest absolute Gasteiger partial charge is 0.398 e. The van der Waals surface area contributed by atoms with Crippen molar-refractivity contribution >= 4 is 17.0 Å². The number of nitrogen functional groups attached to an aromatic ring is 1. The molecule has 0 radical (unpaired) electrons. The topological polar surface area (TPSA) is 38.0 Å². The summed E-state index contributed by atoms with van der Waals surface area (Å²) in [4.78, 5) is 1.27. The van der Waals surface area contributed by atoms with Crippen LogP contribution < -0.4 is 11.1 Å². The fourth-order valence-corrected chi connectivity index (χ4v) is 2.39. The number of rotatable bonds is 6. The minimum absolute atomic E-state index is 0.935. The third-order valence-electron chi connectivity index (χ3n) is 2.73. The van der Waals surface area contributed by atoms with Crippen molar-refractivity contribution in [3.63, 3.8) is 0 Å². The van der Waals surface area contributed by atoms with E-state index in [0.29, 0.717) is 0 Å². The second-order valence-electron chi connectivity index (χ2n) is 4.06. The minimum Gasteiger partial charge on any atom is -0.398 e. The van der Waals surface area contributed by atoms with E-state index in [-0.39, 0.29) is 0 Å². The fourth-order valence-electron chi connectivity index (χ4n) is 1.62. The molecule has 1 fully saturated rings. The summed E-state index contributed by atoms with van der Waals surface area (Å²) >= 11 is 1.74. The summed E-state index contributed by atoms with van der Waals surface area (Å²) < 4.78 is 0. The molecule has 3 N–H and O–H groups in total. The highest BCUT2D eigenvalue weighted by atomic mass is 32.1. The zero-order valence-electron chi connectivity index (χ0n) is 8.46. The van der Waals surface area contributed by atoms with Gasteiger partial charge >= 0.3 is 0 Å². The first kappa shape index (κ1) is 9.99. The van der Waals surface area contributed by atoms with Gasteiger partial charge in [0, 0.05) is 17.1 Å². The molecule has 0 aromatic carbocycles. The molecule has 0 aliphatic heterocycles. The van der Waals surface area contributed by atoms with Gasteiger partial charge in [0.2, 0.25) is 0 Å². The smallest absolute Gasteiger partial charge is 0.0468 e. The van der Waals surface area contributed by atoms with Gasteiger partial charge in [-0.1, -0.05) is 12.8 Å². The Labute approximate surface area is 89.5 Å². The van der Waals surface area contributed by atoms with Crippen molar-refractivity contribution in [3.8, 4) is 0 Å². The van der Waals surface area contributed by atoms with Gasteiger partial charge in [-0.15, -0.1) is 11.3 Å². The molecule has 1 aliphatic carbocycles. The Morgan fingerprint density at radius 1 is 1.50 bits per heavy atom. The van der Waals surface area contributed by atoms with E-state index in [4.69, 9.17) is 5.73 Å². The van der Waals surface area contributed by atoms with E-state index in [2.05, 4.69) is 10.7 Å². The Morgan fingerprint density at radius 2 is 2.36 bits per heavy atom. The van der Waals surface area contributed by atoms with Crippen molar-refractivity contribution in [3.05, 3.63) is 16.3 Å². The Bertz CT molecular complexity index is 279. The van der Waals surface area contributed by atoms with Crippen LogP contribution in [0.15, 0.2) is 11.4 Å². The molecule has 0 amide bonds. The highest BCUT2D eigenvalue weighted by Crippen LogP contribution is 2.33. The van der Waals surface area contributed by atoms with Crippen LogP contribution in [0.5, 0.6) is 0 Å². The van der Waals surface area contributed by atoms with Crippen LogP contribution in [0.2, 0.25) is 0 Å². The average molecular weight is 210 g/mol. The molecule has 1 aromatic heterocycles. The summed E-state index contributed by atoms with van der Waals surface area (Å²) in [7, 11) is 0. The van der Waals surface area contributed by atoms with E-state index in [1.165, 1.54) is 30.6 Å².